The van der Waals surface area contributed by atoms with Crippen LogP contribution in [0.3, 0.4) is 0 Å². The summed E-state index contributed by atoms with van der Waals surface area (Å²) in [5, 5.41) is 3.86. The first-order chi connectivity index (χ1) is 18.6. The van der Waals surface area contributed by atoms with Crippen LogP contribution in [0.4, 0.5) is 5.82 Å². The number of benzene rings is 2. The fraction of sp³-hybridized carbons (Fsp3) is 0.345. The minimum atomic E-state index is -3.95. The van der Waals surface area contributed by atoms with E-state index in [0.717, 1.165) is 35.4 Å². The number of imidazole rings is 1. The van der Waals surface area contributed by atoms with E-state index in [1.807, 2.05) is 36.6 Å². The molecule has 2 aromatic carbocycles. The smallest absolute Gasteiger partial charge is 0.267 e. The van der Waals surface area contributed by atoms with Crippen LogP contribution in [0.15, 0.2) is 51.9 Å². The van der Waals surface area contributed by atoms with Crippen molar-refractivity contribution in [1.29, 1.82) is 0 Å². The lowest BCUT2D eigenvalue weighted by atomic mass is 9.96. The van der Waals surface area contributed by atoms with Gasteiger partial charge in [0.05, 0.1) is 10.6 Å². The average molecular weight is 550 g/mol. The molecule has 10 heteroatoms. The lowest BCUT2D eigenvalue weighted by Gasteiger charge is -2.16. The van der Waals surface area contributed by atoms with Gasteiger partial charge in [-0.25, -0.2) is 13.4 Å². The maximum absolute atomic E-state index is 13.4. The zero-order valence-corrected chi connectivity index (χ0v) is 23.9. The Kier molecular flexibility index (Phi) is 8.25. The number of amides is 1. The molecule has 4 rings (SSSR count). The minimum Gasteiger partial charge on any atom is -0.364 e. The van der Waals surface area contributed by atoms with E-state index < -0.39 is 15.9 Å². The van der Waals surface area contributed by atoms with Gasteiger partial charge in [-0.2, -0.15) is 0 Å². The highest BCUT2D eigenvalue weighted by Crippen LogP contribution is 2.33. The van der Waals surface area contributed by atoms with Crippen molar-refractivity contribution in [2.45, 2.75) is 71.7 Å². The van der Waals surface area contributed by atoms with Crippen LogP contribution in [-0.4, -0.2) is 29.0 Å². The third-order valence-corrected chi connectivity index (χ3v) is 8.30. The van der Waals surface area contributed by atoms with Crippen molar-refractivity contribution >= 4 is 21.7 Å². The normalized spacial score (nSPS) is 11.6. The highest BCUT2D eigenvalue weighted by Gasteiger charge is 2.24. The Labute approximate surface area is 229 Å². The highest BCUT2D eigenvalue weighted by molar-refractivity contribution is 7.92. The number of rotatable bonds is 11. The second-order valence-electron chi connectivity index (χ2n) is 9.54. The Bertz CT molecular complexity index is 1620. The van der Waals surface area contributed by atoms with Gasteiger partial charge in [-0.05, 0) is 55.9 Å². The molecule has 0 aliphatic carbocycles. The molecule has 0 unspecified atom stereocenters. The molecule has 0 spiro atoms. The SMILES string of the molecule is CCCc1nc(CC)c(C(N)=O)n1Cc1ccc(-c2ccccc2S(=O)(=O)Nc2noc(C)c2C)c(CC)c1. The van der Waals surface area contributed by atoms with Gasteiger partial charge < -0.3 is 14.8 Å². The number of aromatic nitrogens is 3. The molecule has 3 N–H and O–H groups in total. The van der Waals surface area contributed by atoms with Crippen molar-refractivity contribution in [1.82, 2.24) is 14.7 Å². The molecular weight excluding hydrogens is 514 g/mol. The monoisotopic (exact) mass is 549 g/mol. The van der Waals surface area contributed by atoms with E-state index in [-0.39, 0.29) is 10.7 Å². The number of nitrogens with two attached hydrogens (primary N) is 1. The van der Waals surface area contributed by atoms with Crippen molar-refractivity contribution in [3.8, 4) is 11.1 Å². The van der Waals surface area contributed by atoms with Crippen LogP contribution in [0.1, 0.15) is 71.6 Å². The fourth-order valence-electron chi connectivity index (χ4n) is 4.76. The Morgan fingerprint density at radius 2 is 1.79 bits per heavy atom. The van der Waals surface area contributed by atoms with Crippen LogP contribution >= 0.6 is 0 Å². The molecule has 0 atom stereocenters. The van der Waals surface area contributed by atoms with E-state index in [2.05, 4.69) is 22.9 Å². The molecular formula is C29H35N5O4S. The Hall–Kier alpha value is -3.92. The van der Waals surface area contributed by atoms with Crippen molar-refractivity contribution in [2.24, 2.45) is 5.73 Å². The molecule has 4 aromatic rings. The van der Waals surface area contributed by atoms with Crippen molar-refractivity contribution in [3.05, 3.63) is 82.1 Å². The number of primary amides is 1. The van der Waals surface area contributed by atoms with Gasteiger partial charge in [-0.15, -0.1) is 0 Å². The first kappa shape index (κ1) is 28.1. The summed E-state index contributed by atoms with van der Waals surface area (Å²) in [6.45, 7) is 9.99. The number of carbonyl (C=O) groups is 1. The predicted octanol–water partition coefficient (Wildman–Crippen LogP) is 5.18. The molecule has 2 aromatic heterocycles. The lowest BCUT2D eigenvalue weighted by molar-refractivity contribution is 0.0990. The van der Waals surface area contributed by atoms with Crippen molar-refractivity contribution < 1.29 is 17.7 Å². The Morgan fingerprint density at radius 3 is 2.41 bits per heavy atom. The average Bonchev–Trinajstić information content (AvgIpc) is 3.42. The van der Waals surface area contributed by atoms with Crippen LogP contribution in [0.2, 0.25) is 0 Å². The summed E-state index contributed by atoms with van der Waals surface area (Å²) < 4.78 is 36.5. The number of aryl methyl sites for hydroxylation is 4. The maximum Gasteiger partial charge on any atom is 0.267 e. The number of carbonyl (C=O) groups excluding carboxylic acids is 1. The Balaban J connectivity index is 1.75. The maximum atomic E-state index is 13.4. The van der Waals surface area contributed by atoms with Gasteiger partial charge in [0, 0.05) is 24.1 Å². The van der Waals surface area contributed by atoms with Crippen molar-refractivity contribution in [2.75, 3.05) is 4.72 Å². The molecule has 1 amide bonds. The van der Waals surface area contributed by atoms with Crippen LogP contribution in [-0.2, 0) is 35.8 Å². The molecule has 206 valence electrons. The second-order valence-corrected chi connectivity index (χ2v) is 11.2. The summed E-state index contributed by atoms with van der Waals surface area (Å²) in [7, 11) is -3.95. The van der Waals surface area contributed by atoms with Crippen LogP contribution in [0.25, 0.3) is 11.1 Å². The number of nitrogens with one attached hydrogen (secondary N) is 1. The number of hydrogen-bond donors (Lipinski definition) is 2. The summed E-state index contributed by atoms with van der Waals surface area (Å²) in [6.07, 6.45) is 2.93. The second kappa shape index (κ2) is 11.4. The molecule has 9 nitrogen and oxygen atoms in total. The highest BCUT2D eigenvalue weighted by atomic mass is 32.2. The van der Waals surface area contributed by atoms with Crippen molar-refractivity contribution in [3.63, 3.8) is 0 Å². The van der Waals surface area contributed by atoms with E-state index >= 15 is 0 Å². The number of hydrogen-bond acceptors (Lipinski definition) is 6. The molecule has 0 saturated carbocycles. The Morgan fingerprint density at radius 1 is 1.05 bits per heavy atom. The minimum absolute atomic E-state index is 0.149. The summed E-state index contributed by atoms with van der Waals surface area (Å²) in [5.74, 6) is 1.08. The quantitative estimate of drug-likeness (QED) is 0.265. The molecule has 2 heterocycles. The largest absolute Gasteiger partial charge is 0.364 e. The van der Waals surface area contributed by atoms with E-state index in [0.29, 0.717) is 47.7 Å². The van der Waals surface area contributed by atoms with Gasteiger partial charge in [-0.1, -0.05) is 62.3 Å². The zero-order chi connectivity index (χ0) is 28.3. The molecule has 0 bridgehead atoms. The topological polar surface area (TPSA) is 133 Å². The molecule has 0 aliphatic rings. The van der Waals surface area contributed by atoms with E-state index in [4.69, 9.17) is 15.2 Å². The van der Waals surface area contributed by atoms with E-state index in [9.17, 15) is 13.2 Å². The molecule has 0 aliphatic heterocycles. The zero-order valence-electron chi connectivity index (χ0n) is 23.0. The van der Waals surface area contributed by atoms with E-state index in [1.54, 1.807) is 32.0 Å². The first-order valence-electron chi connectivity index (χ1n) is 13.2. The van der Waals surface area contributed by atoms with E-state index in [1.165, 1.54) is 0 Å². The van der Waals surface area contributed by atoms with Gasteiger partial charge in [0.15, 0.2) is 5.82 Å². The summed E-state index contributed by atoms with van der Waals surface area (Å²) in [4.78, 5) is 17.2. The molecule has 39 heavy (non-hydrogen) atoms. The van der Waals surface area contributed by atoms with Gasteiger partial charge in [0.1, 0.15) is 17.3 Å². The summed E-state index contributed by atoms with van der Waals surface area (Å²) in [5.41, 5.74) is 10.9. The van der Waals surface area contributed by atoms with Gasteiger partial charge >= 0.3 is 0 Å². The third-order valence-electron chi connectivity index (χ3n) is 6.91. The van der Waals surface area contributed by atoms with Crippen LogP contribution in [0, 0.1) is 13.8 Å². The predicted molar refractivity (Wildman–Crippen MR) is 151 cm³/mol. The molecule has 0 fully saturated rings. The lowest BCUT2D eigenvalue weighted by Crippen LogP contribution is -2.20. The summed E-state index contributed by atoms with van der Waals surface area (Å²) >= 11 is 0. The molecule has 0 saturated heterocycles. The fourth-order valence-corrected chi connectivity index (χ4v) is 6.04. The number of sulfonamides is 1. The van der Waals surface area contributed by atoms with Crippen LogP contribution in [0.5, 0.6) is 0 Å². The number of anilines is 1. The van der Waals surface area contributed by atoms with Gasteiger partial charge in [0.2, 0.25) is 0 Å². The van der Waals surface area contributed by atoms with Crippen LogP contribution < -0.4 is 10.5 Å². The number of nitrogens with zero attached hydrogens (tertiary/aromatic N) is 3. The van der Waals surface area contributed by atoms with Gasteiger partial charge in [-0.3, -0.25) is 9.52 Å². The van der Waals surface area contributed by atoms with Gasteiger partial charge in [0.25, 0.3) is 15.9 Å². The molecule has 0 radical (unpaired) electrons. The standard InChI is InChI=1S/C29H35N5O4S/c1-6-11-26-31-24(8-3)27(28(30)35)34(26)17-20-14-15-22(21(7-2)16-20)23-12-9-10-13-25(23)39(36,37)33-29-18(4)19(5)38-32-29/h9-10,12-16H,6-8,11,17H2,1-5H3,(H2,30,35)(H,32,33). The first-order valence-corrected chi connectivity index (χ1v) is 14.6. The summed E-state index contributed by atoms with van der Waals surface area (Å²) in [6, 6.07) is 12.9. The third kappa shape index (κ3) is 5.61.